The van der Waals surface area contributed by atoms with Gasteiger partial charge in [0.25, 0.3) is 0 Å². The normalized spacial score (nSPS) is 11.4. The van der Waals surface area contributed by atoms with Crippen LogP contribution in [0.5, 0.6) is 0 Å². The quantitative estimate of drug-likeness (QED) is 0.482. The molecule has 1 aromatic heterocycles. The Morgan fingerprint density at radius 3 is 2.81 bits per heavy atom. The van der Waals surface area contributed by atoms with Gasteiger partial charge in [0.15, 0.2) is 5.82 Å². The minimum absolute atomic E-state index is 0.248. The molecule has 1 heterocycles. The Balaban J connectivity index is 2.06. The van der Waals surface area contributed by atoms with Gasteiger partial charge < -0.3 is 4.57 Å². The lowest BCUT2D eigenvalue weighted by Crippen LogP contribution is -2.05. The lowest BCUT2D eigenvalue weighted by molar-refractivity contribution is 0.578. The van der Waals surface area contributed by atoms with Crippen LogP contribution >= 0.6 is 23.4 Å². The molecule has 0 aliphatic heterocycles. The fourth-order valence-electron chi connectivity index (χ4n) is 2.56. The van der Waals surface area contributed by atoms with Crippen LogP contribution in [0.4, 0.5) is 4.39 Å². The maximum atomic E-state index is 13.8. The number of unbranched alkanes of at least 4 members (excludes halogenated alkanes) is 3. The molecule has 0 N–H and O–H groups in total. The van der Waals surface area contributed by atoms with Gasteiger partial charge in [-0.15, -0.1) is 11.6 Å². The van der Waals surface area contributed by atoms with Crippen molar-refractivity contribution in [3.63, 3.8) is 0 Å². The van der Waals surface area contributed by atoms with Gasteiger partial charge in [-0.2, -0.15) is 11.8 Å². The van der Waals surface area contributed by atoms with Gasteiger partial charge in [0, 0.05) is 18.8 Å². The smallest absolute Gasteiger partial charge is 0.151 e. The van der Waals surface area contributed by atoms with Crippen molar-refractivity contribution in [3.05, 3.63) is 29.8 Å². The molecule has 0 aliphatic carbocycles. The van der Waals surface area contributed by atoms with Crippen molar-refractivity contribution < 1.29 is 4.39 Å². The van der Waals surface area contributed by atoms with Crippen LogP contribution in [0.25, 0.3) is 11.0 Å². The van der Waals surface area contributed by atoms with Crippen LogP contribution in [0, 0.1) is 5.82 Å². The maximum Gasteiger partial charge on any atom is 0.151 e. The highest BCUT2D eigenvalue weighted by molar-refractivity contribution is 7.98. The average molecular weight is 329 g/mol. The summed E-state index contributed by atoms with van der Waals surface area (Å²) in [5, 5.41) is 0. The second-order valence-corrected chi connectivity index (χ2v) is 6.50. The van der Waals surface area contributed by atoms with Crippen LogP contribution in [-0.2, 0) is 13.0 Å². The van der Waals surface area contributed by atoms with Gasteiger partial charge in [0.05, 0.1) is 5.52 Å². The Kier molecular flexibility index (Phi) is 6.84. The summed E-state index contributed by atoms with van der Waals surface area (Å²) in [6, 6.07) is 5.15. The summed E-state index contributed by atoms with van der Waals surface area (Å²) in [4.78, 5) is 4.43. The van der Waals surface area contributed by atoms with Crippen LogP contribution in [-0.4, -0.2) is 27.4 Å². The second-order valence-electron chi connectivity index (χ2n) is 5.13. The topological polar surface area (TPSA) is 17.8 Å². The minimum Gasteiger partial charge on any atom is -0.328 e. The SMILES string of the molecule is CSCCCCCCn1c(CCCl)nc2c(F)cccc21. The van der Waals surface area contributed by atoms with Crippen LogP contribution in [0.1, 0.15) is 31.5 Å². The molecule has 0 atom stereocenters. The molecule has 0 bridgehead atoms. The number of benzene rings is 1. The van der Waals surface area contributed by atoms with Crippen molar-refractivity contribution in [3.8, 4) is 0 Å². The molecule has 0 aliphatic rings. The molecule has 0 saturated carbocycles. The van der Waals surface area contributed by atoms with Crippen molar-refractivity contribution in [2.45, 2.75) is 38.6 Å². The van der Waals surface area contributed by atoms with Crippen molar-refractivity contribution >= 4 is 34.4 Å². The van der Waals surface area contributed by atoms with Crippen molar-refractivity contribution in [1.82, 2.24) is 9.55 Å². The monoisotopic (exact) mass is 328 g/mol. The first-order valence-corrected chi connectivity index (χ1v) is 9.39. The molecular weight excluding hydrogens is 307 g/mol. The Morgan fingerprint density at radius 2 is 2.05 bits per heavy atom. The predicted octanol–water partition coefficient (Wildman–Crippen LogP) is 4.88. The molecule has 0 unspecified atom stereocenters. The Labute approximate surface area is 135 Å². The van der Waals surface area contributed by atoms with E-state index in [1.165, 1.54) is 31.1 Å². The van der Waals surface area contributed by atoms with Gasteiger partial charge in [-0.1, -0.05) is 18.9 Å². The predicted molar refractivity (Wildman–Crippen MR) is 91.0 cm³/mol. The molecule has 1 aromatic carbocycles. The summed E-state index contributed by atoms with van der Waals surface area (Å²) in [5.41, 5.74) is 1.36. The molecule has 2 nitrogen and oxygen atoms in total. The highest BCUT2D eigenvalue weighted by Crippen LogP contribution is 2.21. The highest BCUT2D eigenvalue weighted by Gasteiger charge is 2.12. The number of alkyl halides is 1. The summed E-state index contributed by atoms with van der Waals surface area (Å²) < 4.78 is 16.0. The molecule has 5 heteroatoms. The Bertz CT molecular complexity index is 571. The molecule has 116 valence electrons. The second kappa shape index (κ2) is 8.64. The number of rotatable bonds is 9. The number of aryl methyl sites for hydroxylation is 2. The molecule has 0 saturated heterocycles. The van der Waals surface area contributed by atoms with E-state index >= 15 is 0 Å². The number of halogens is 2. The number of thioether (sulfide) groups is 1. The number of imidazole rings is 1. The summed E-state index contributed by atoms with van der Waals surface area (Å²) in [6.45, 7) is 0.894. The van der Waals surface area contributed by atoms with E-state index in [0.29, 0.717) is 17.8 Å². The number of aromatic nitrogens is 2. The fraction of sp³-hybridized carbons (Fsp3) is 0.562. The zero-order chi connectivity index (χ0) is 15.1. The largest absolute Gasteiger partial charge is 0.328 e. The van der Waals surface area contributed by atoms with Gasteiger partial charge >= 0.3 is 0 Å². The van der Waals surface area contributed by atoms with E-state index in [1.54, 1.807) is 6.07 Å². The van der Waals surface area contributed by atoms with Crippen LogP contribution in [0.2, 0.25) is 0 Å². The van der Waals surface area contributed by atoms with Crippen LogP contribution in [0.3, 0.4) is 0 Å². The van der Waals surface area contributed by atoms with Gasteiger partial charge in [0.1, 0.15) is 11.3 Å². The zero-order valence-corrected chi connectivity index (χ0v) is 14.0. The third kappa shape index (κ3) is 4.36. The van der Waals surface area contributed by atoms with E-state index in [9.17, 15) is 4.39 Å². The summed E-state index contributed by atoms with van der Waals surface area (Å²) >= 11 is 7.74. The van der Waals surface area contributed by atoms with E-state index in [4.69, 9.17) is 11.6 Å². The summed E-state index contributed by atoms with van der Waals surface area (Å²) in [5.74, 6) is 2.39. The Morgan fingerprint density at radius 1 is 1.24 bits per heavy atom. The van der Waals surface area contributed by atoms with E-state index in [-0.39, 0.29) is 5.82 Å². The molecule has 0 spiro atoms. The van der Waals surface area contributed by atoms with Crippen LogP contribution in [0.15, 0.2) is 18.2 Å². The molecule has 21 heavy (non-hydrogen) atoms. The van der Waals surface area contributed by atoms with E-state index in [2.05, 4.69) is 15.8 Å². The van der Waals surface area contributed by atoms with E-state index < -0.39 is 0 Å². The fourth-order valence-corrected chi connectivity index (χ4v) is 3.22. The average Bonchev–Trinajstić information content (AvgIpc) is 2.83. The first kappa shape index (κ1) is 16.6. The molecule has 2 aromatic rings. The zero-order valence-electron chi connectivity index (χ0n) is 12.4. The molecule has 0 amide bonds. The van der Waals surface area contributed by atoms with E-state index in [1.807, 2.05) is 17.8 Å². The summed E-state index contributed by atoms with van der Waals surface area (Å²) in [6.07, 6.45) is 7.66. The molecule has 0 fully saturated rings. The van der Waals surface area contributed by atoms with Crippen LogP contribution < -0.4 is 0 Å². The minimum atomic E-state index is -0.248. The number of para-hydroxylation sites is 1. The number of fused-ring (bicyclic) bond motifs is 1. The van der Waals surface area contributed by atoms with Gasteiger partial charge in [-0.3, -0.25) is 0 Å². The molecule has 2 rings (SSSR count). The lowest BCUT2D eigenvalue weighted by Gasteiger charge is -2.08. The van der Waals surface area contributed by atoms with E-state index in [0.717, 1.165) is 24.3 Å². The van der Waals surface area contributed by atoms with Gasteiger partial charge in [0.2, 0.25) is 0 Å². The van der Waals surface area contributed by atoms with Gasteiger partial charge in [-0.25, -0.2) is 9.37 Å². The third-order valence-electron chi connectivity index (χ3n) is 3.61. The van der Waals surface area contributed by atoms with Crippen molar-refractivity contribution in [2.24, 2.45) is 0 Å². The molecular formula is C16H22ClFN2S. The summed E-state index contributed by atoms with van der Waals surface area (Å²) in [7, 11) is 0. The first-order valence-electron chi connectivity index (χ1n) is 7.46. The Hall–Kier alpha value is -0.740. The number of hydrogen-bond donors (Lipinski definition) is 0. The number of nitrogens with zero attached hydrogens (tertiary/aromatic N) is 2. The molecule has 0 radical (unpaired) electrons. The maximum absolute atomic E-state index is 13.8. The number of hydrogen-bond acceptors (Lipinski definition) is 2. The third-order valence-corrected chi connectivity index (χ3v) is 4.49. The first-order chi connectivity index (χ1) is 10.3. The standard InChI is InChI=1S/C16H22ClFN2S/c1-21-12-5-3-2-4-11-20-14-8-6-7-13(18)16(14)19-15(20)9-10-17/h6-8H,2-5,9-12H2,1H3. The van der Waals surface area contributed by atoms with Crippen molar-refractivity contribution in [2.75, 3.05) is 17.9 Å². The van der Waals surface area contributed by atoms with Gasteiger partial charge in [-0.05, 0) is 37.0 Å². The highest BCUT2D eigenvalue weighted by atomic mass is 35.5. The van der Waals surface area contributed by atoms with Crippen molar-refractivity contribution in [1.29, 1.82) is 0 Å². The lowest BCUT2D eigenvalue weighted by atomic mass is 10.2.